The summed E-state index contributed by atoms with van der Waals surface area (Å²) in [5.41, 5.74) is 4.91. The molecule has 154 valence electrons. The Bertz CT molecular complexity index is 1500. The molecule has 0 aliphatic rings. The lowest BCUT2D eigenvalue weighted by atomic mass is 10.0. The average molecular weight is 436 g/mol. The molecule has 0 fully saturated rings. The molecule has 5 aromatic rings. The number of hydrogen-bond acceptors (Lipinski definition) is 2. The predicted octanol–water partition coefficient (Wildman–Crippen LogP) is 7.38. The summed E-state index contributed by atoms with van der Waals surface area (Å²) in [5.74, 6) is 0.443. The maximum absolute atomic E-state index is 8.54. The Morgan fingerprint density at radius 3 is 2.25 bits per heavy atom. The molecule has 0 amide bonds. The van der Waals surface area contributed by atoms with Crippen molar-refractivity contribution in [2.45, 2.75) is 0 Å². The largest absolute Gasteiger partial charge is 0.454 e. The smallest absolute Gasteiger partial charge is 0.161 e. The highest BCUT2D eigenvalue weighted by Gasteiger charge is 2.17. The number of para-hydroxylation sites is 1. The van der Waals surface area contributed by atoms with E-state index in [0.717, 1.165) is 33.0 Å². The number of fused-ring (bicyclic) bond motifs is 3. The van der Waals surface area contributed by atoms with Crippen molar-refractivity contribution in [2.75, 3.05) is 0 Å². The number of amidine groups is 2. The van der Waals surface area contributed by atoms with Gasteiger partial charge in [-0.05, 0) is 36.0 Å². The molecule has 4 nitrogen and oxygen atoms in total. The maximum Gasteiger partial charge on any atom is 0.161 e. The van der Waals surface area contributed by atoms with Crippen LogP contribution in [0.2, 0.25) is 5.02 Å². The average Bonchev–Trinajstić information content (AvgIpc) is 3.24. The van der Waals surface area contributed by atoms with Crippen LogP contribution >= 0.6 is 11.6 Å². The van der Waals surface area contributed by atoms with Gasteiger partial charge >= 0.3 is 0 Å². The van der Waals surface area contributed by atoms with Crippen LogP contribution in [-0.2, 0) is 0 Å². The third kappa shape index (κ3) is 3.51. The van der Waals surface area contributed by atoms with Crippen LogP contribution in [0.5, 0.6) is 0 Å². The SMILES string of the molecule is C=N/C(=N\C(=N)c1ccc(-c2ccccc2)cc1)c1ccc(Cl)c2oc3ccccc3c12. The molecule has 0 aliphatic heterocycles. The predicted molar refractivity (Wildman–Crippen MR) is 134 cm³/mol. The third-order valence-electron chi connectivity index (χ3n) is 5.35. The number of rotatable bonds is 3. The molecule has 0 unspecified atom stereocenters. The molecule has 1 aromatic heterocycles. The number of aliphatic imine (C=N–C) groups is 2. The van der Waals surface area contributed by atoms with E-state index in [1.807, 2.05) is 72.8 Å². The van der Waals surface area contributed by atoms with Crippen LogP contribution in [0.4, 0.5) is 0 Å². The van der Waals surface area contributed by atoms with E-state index in [9.17, 15) is 0 Å². The fraction of sp³-hybridized carbons (Fsp3) is 0. The minimum Gasteiger partial charge on any atom is -0.454 e. The van der Waals surface area contributed by atoms with Gasteiger partial charge in [-0.1, -0.05) is 84.4 Å². The first kappa shape index (κ1) is 19.9. The summed E-state index contributed by atoms with van der Waals surface area (Å²) in [6.45, 7) is 3.69. The first-order chi connectivity index (χ1) is 15.7. The molecule has 1 N–H and O–H groups in total. The van der Waals surface area contributed by atoms with Gasteiger partial charge in [0, 0.05) is 21.9 Å². The molecule has 0 aliphatic carbocycles. The number of nitrogens with one attached hydrogen (secondary N) is 1. The molecule has 0 bridgehead atoms. The van der Waals surface area contributed by atoms with Crippen LogP contribution in [0.25, 0.3) is 33.1 Å². The summed E-state index contributed by atoms with van der Waals surface area (Å²) in [7, 11) is 0. The van der Waals surface area contributed by atoms with E-state index in [0.29, 0.717) is 22.0 Å². The number of benzene rings is 4. The van der Waals surface area contributed by atoms with E-state index in [2.05, 4.69) is 28.8 Å². The second-order valence-corrected chi connectivity index (χ2v) is 7.69. The van der Waals surface area contributed by atoms with Gasteiger partial charge in [-0.15, -0.1) is 0 Å². The van der Waals surface area contributed by atoms with Gasteiger partial charge in [-0.25, -0.2) is 9.98 Å². The molecular formula is C27H18ClN3O. The van der Waals surface area contributed by atoms with Crippen molar-refractivity contribution in [3.05, 3.63) is 107 Å². The summed E-state index contributed by atoms with van der Waals surface area (Å²) in [4.78, 5) is 8.62. The zero-order valence-corrected chi connectivity index (χ0v) is 17.8. The monoisotopic (exact) mass is 435 g/mol. The summed E-state index contributed by atoms with van der Waals surface area (Å²) < 4.78 is 5.96. The zero-order chi connectivity index (χ0) is 22.1. The highest BCUT2D eigenvalue weighted by molar-refractivity contribution is 6.37. The van der Waals surface area contributed by atoms with Gasteiger partial charge in [-0.2, -0.15) is 0 Å². The van der Waals surface area contributed by atoms with Gasteiger partial charge in [0.15, 0.2) is 17.3 Å². The van der Waals surface area contributed by atoms with Crippen LogP contribution in [0.3, 0.4) is 0 Å². The molecule has 32 heavy (non-hydrogen) atoms. The second kappa shape index (κ2) is 8.25. The van der Waals surface area contributed by atoms with E-state index in [1.54, 1.807) is 6.07 Å². The normalized spacial score (nSPS) is 11.7. The quantitative estimate of drug-likeness (QED) is 0.233. The molecule has 5 rings (SSSR count). The van der Waals surface area contributed by atoms with E-state index >= 15 is 0 Å². The van der Waals surface area contributed by atoms with Crippen molar-refractivity contribution in [1.82, 2.24) is 0 Å². The first-order valence-electron chi connectivity index (χ1n) is 10.1. The van der Waals surface area contributed by atoms with E-state index in [4.69, 9.17) is 21.4 Å². The van der Waals surface area contributed by atoms with E-state index in [1.165, 1.54) is 0 Å². The standard InChI is InChI=1S/C27H18ClN3O/c1-30-27(21-15-16-22(28)25-24(21)20-9-5-6-10-23(20)32-25)31-26(29)19-13-11-18(12-14-19)17-7-3-2-4-8-17/h2-16,29H,1H2/b29-26?,31-27-. The highest BCUT2D eigenvalue weighted by Crippen LogP contribution is 2.36. The molecule has 0 atom stereocenters. The number of halogens is 1. The van der Waals surface area contributed by atoms with E-state index < -0.39 is 0 Å². The molecule has 0 radical (unpaired) electrons. The van der Waals surface area contributed by atoms with Gasteiger partial charge in [0.2, 0.25) is 0 Å². The van der Waals surface area contributed by atoms with Gasteiger partial charge < -0.3 is 4.42 Å². The minimum atomic E-state index is 0.0999. The zero-order valence-electron chi connectivity index (χ0n) is 17.0. The molecule has 5 heteroatoms. The Balaban J connectivity index is 1.56. The minimum absolute atomic E-state index is 0.0999. The Morgan fingerprint density at radius 1 is 0.812 bits per heavy atom. The summed E-state index contributed by atoms with van der Waals surface area (Å²) >= 11 is 6.39. The Morgan fingerprint density at radius 2 is 1.50 bits per heavy atom. The number of hydrogen-bond donors (Lipinski definition) is 1. The Hall–Kier alpha value is -4.02. The lowest BCUT2D eigenvalue weighted by Gasteiger charge is -2.06. The van der Waals surface area contributed by atoms with Crippen LogP contribution in [0, 0.1) is 5.41 Å². The van der Waals surface area contributed by atoms with Crippen molar-refractivity contribution >= 4 is 51.9 Å². The van der Waals surface area contributed by atoms with Gasteiger partial charge in [0.1, 0.15) is 5.58 Å². The van der Waals surface area contributed by atoms with E-state index in [-0.39, 0.29) is 5.84 Å². The van der Waals surface area contributed by atoms with Crippen molar-refractivity contribution in [3.8, 4) is 11.1 Å². The van der Waals surface area contributed by atoms with Crippen LogP contribution in [-0.4, -0.2) is 18.4 Å². The summed E-state index contributed by atoms with van der Waals surface area (Å²) in [6.07, 6.45) is 0. The van der Waals surface area contributed by atoms with Gasteiger partial charge in [-0.3, -0.25) is 5.41 Å². The van der Waals surface area contributed by atoms with Crippen LogP contribution in [0.1, 0.15) is 11.1 Å². The molecule has 0 saturated heterocycles. The Kier molecular flexibility index (Phi) is 5.13. The van der Waals surface area contributed by atoms with Crippen molar-refractivity contribution in [1.29, 1.82) is 5.41 Å². The highest BCUT2D eigenvalue weighted by atomic mass is 35.5. The third-order valence-corrected chi connectivity index (χ3v) is 5.65. The molecule has 0 spiro atoms. The second-order valence-electron chi connectivity index (χ2n) is 7.28. The topological polar surface area (TPSA) is 61.7 Å². The van der Waals surface area contributed by atoms with Gasteiger partial charge in [0.05, 0.1) is 5.02 Å². The molecule has 1 heterocycles. The summed E-state index contributed by atoms with van der Waals surface area (Å²) in [5, 5.41) is 10.8. The van der Waals surface area contributed by atoms with Crippen LogP contribution < -0.4 is 0 Å². The summed E-state index contributed by atoms with van der Waals surface area (Å²) in [6, 6.07) is 29.2. The fourth-order valence-corrected chi connectivity index (χ4v) is 3.98. The molecule has 4 aromatic carbocycles. The number of nitrogens with zero attached hydrogens (tertiary/aromatic N) is 2. The number of furan rings is 1. The van der Waals surface area contributed by atoms with Crippen molar-refractivity contribution < 1.29 is 4.42 Å². The maximum atomic E-state index is 8.54. The lowest BCUT2D eigenvalue weighted by molar-refractivity contribution is 0.669. The molecular weight excluding hydrogens is 418 g/mol. The van der Waals surface area contributed by atoms with Crippen LogP contribution in [0.15, 0.2) is 105 Å². The molecule has 0 saturated carbocycles. The van der Waals surface area contributed by atoms with Crippen molar-refractivity contribution in [3.63, 3.8) is 0 Å². The first-order valence-corrected chi connectivity index (χ1v) is 10.4. The lowest BCUT2D eigenvalue weighted by Crippen LogP contribution is -2.04. The van der Waals surface area contributed by atoms with Crippen molar-refractivity contribution in [2.24, 2.45) is 9.98 Å². The Labute approximate surface area is 190 Å². The fourth-order valence-electron chi connectivity index (χ4n) is 3.79. The van der Waals surface area contributed by atoms with Gasteiger partial charge in [0.25, 0.3) is 0 Å².